The molecule has 2 heterocycles. The maximum absolute atomic E-state index is 11.9. The Bertz CT molecular complexity index is 567. The summed E-state index contributed by atoms with van der Waals surface area (Å²) < 4.78 is 2.81. The van der Waals surface area contributed by atoms with Crippen LogP contribution in [0.1, 0.15) is 10.5 Å². The van der Waals surface area contributed by atoms with E-state index in [1.807, 2.05) is 0 Å². The fourth-order valence-electron chi connectivity index (χ4n) is 1.30. The molecule has 17 heavy (non-hydrogen) atoms. The van der Waals surface area contributed by atoms with Crippen LogP contribution in [0.15, 0.2) is 33.7 Å². The van der Waals surface area contributed by atoms with Gasteiger partial charge in [0.15, 0.2) is 5.82 Å². The van der Waals surface area contributed by atoms with Gasteiger partial charge in [-0.25, -0.2) is 9.97 Å². The van der Waals surface area contributed by atoms with Gasteiger partial charge in [0.2, 0.25) is 0 Å². The predicted octanol–water partition coefficient (Wildman–Crippen LogP) is 2.59. The number of aryl methyl sites for hydroxylation is 1. The Kier molecular flexibility index (Phi) is 3.58. The first-order valence-electron chi connectivity index (χ1n) is 4.68. The van der Waals surface area contributed by atoms with Crippen molar-refractivity contribution in [2.24, 2.45) is 7.05 Å². The van der Waals surface area contributed by atoms with E-state index >= 15 is 0 Å². The lowest BCUT2D eigenvalue weighted by atomic mass is 10.4. The number of hydrogen-bond donors (Lipinski definition) is 1. The van der Waals surface area contributed by atoms with Gasteiger partial charge in [-0.3, -0.25) is 4.79 Å². The topological polar surface area (TPSA) is 59.8 Å². The zero-order chi connectivity index (χ0) is 12.4. The minimum Gasteiger partial charge on any atom is -0.347 e. The molecule has 1 amide bonds. The summed E-state index contributed by atoms with van der Waals surface area (Å²) >= 11 is 6.42. The molecule has 0 bridgehead atoms. The summed E-state index contributed by atoms with van der Waals surface area (Å²) in [4.78, 5) is 20.0. The van der Waals surface area contributed by atoms with E-state index in [1.165, 1.54) is 6.20 Å². The molecule has 88 valence electrons. The second-order valence-electron chi connectivity index (χ2n) is 3.29. The van der Waals surface area contributed by atoms with E-state index in [1.54, 1.807) is 29.9 Å². The highest BCUT2D eigenvalue weighted by molar-refractivity contribution is 9.11. The van der Waals surface area contributed by atoms with Crippen LogP contribution in [0.5, 0.6) is 0 Å². The Morgan fingerprint density at radius 2 is 2.24 bits per heavy atom. The molecule has 0 radical (unpaired) electrons. The Hall–Kier alpha value is -1.21. The highest BCUT2D eigenvalue weighted by atomic mass is 79.9. The first kappa shape index (κ1) is 12.3. The van der Waals surface area contributed by atoms with Crippen molar-refractivity contribution in [1.29, 1.82) is 0 Å². The van der Waals surface area contributed by atoms with Gasteiger partial charge in [-0.2, -0.15) is 0 Å². The lowest BCUT2D eigenvalue weighted by molar-refractivity contribution is 0.101. The molecule has 0 unspecified atom stereocenters. The zero-order valence-electron chi connectivity index (χ0n) is 8.82. The predicted molar refractivity (Wildman–Crippen MR) is 70.8 cm³/mol. The summed E-state index contributed by atoms with van der Waals surface area (Å²) in [5, 5.41) is 2.68. The summed E-state index contributed by atoms with van der Waals surface area (Å²) in [6, 6.07) is 3.53. The average molecular weight is 360 g/mol. The maximum atomic E-state index is 11.9. The van der Waals surface area contributed by atoms with E-state index in [0.29, 0.717) is 20.7 Å². The molecule has 2 aromatic heterocycles. The van der Waals surface area contributed by atoms with Crippen molar-refractivity contribution in [3.05, 3.63) is 39.4 Å². The van der Waals surface area contributed by atoms with Gasteiger partial charge in [-0.15, -0.1) is 0 Å². The van der Waals surface area contributed by atoms with Crippen molar-refractivity contribution in [2.45, 2.75) is 0 Å². The van der Waals surface area contributed by atoms with Crippen LogP contribution in [0, 0.1) is 0 Å². The Balaban J connectivity index is 2.22. The van der Waals surface area contributed by atoms with Gasteiger partial charge in [0.1, 0.15) is 14.9 Å². The first-order valence-corrected chi connectivity index (χ1v) is 6.27. The Morgan fingerprint density at radius 1 is 1.47 bits per heavy atom. The van der Waals surface area contributed by atoms with E-state index in [0.717, 1.165) is 0 Å². The van der Waals surface area contributed by atoms with Crippen LogP contribution in [0.4, 0.5) is 5.82 Å². The van der Waals surface area contributed by atoms with Crippen LogP contribution in [0.25, 0.3) is 0 Å². The fourth-order valence-corrected chi connectivity index (χ4v) is 2.21. The van der Waals surface area contributed by atoms with Crippen molar-refractivity contribution in [2.75, 3.05) is 5.32 Å². The van der Waals surface area contributed by atoms with Crippen molar-refractivity contribution < 1.29 is 4.79 Å². The van der Waals surface area contributed by atoms with Crippen LogP contribution in [-0.4, -0.2) is 20.4 Å². The fraction of sp³-hybridized carbons (Fsp3) is 0.100. The first-order chi connectivity index (χ1) is 8.08. The van der Waals surface area contributed by atoms with Crippen LogP contribution in [0.2, 0.25) is 0 Å². The quantitative estimate of drug-likeness (QED) is 0.896. The molecule has 0 spiro atoms. The second kappa shape index (κ2) is 4.97. The lowest BCUT2D eigenvalue weighted by Crippen LogP contribution is -2.16. The molecule has 0 atom stereocenters. The number of nitrogens with one attached hydrogen (secondary N) is 1. The molecule has 5 nitrogen and oxygen atoms in total. The third-order valence-electron chi connectivity index (χ3n) is 2.11. The number of amides is 1. The number of rotatable bonds is 2. The number of aromatic nitrogens is 3. The molecule has 0 aromatic carbocycles. The van der Waals surface area contributed by atoms with E-state index in [4.69, 9.17) is 0 Å². The van der Waals surface area contributed by atoms with Gasteiger partial charge in [0.25, 0.3) is 5.91 Å². The SMILES string of the molecule is Cn1cccc1C(=O)Nc1ncc(Br)nc1Br. The number of nitrogens with zero attached hydrogens (tertiary/aromatic N) is 3. The van der Waals surface area contributed by atoms with E-state index in [9.17, 15) is 4.79 Å². The number of carbonyl (C=O) groups is 1. The Labute approximate surface area is 115 Å². The molecule has 1 N–H and O–H groups in total. The number of halogens is 2. The van der Waals surface area contributed by atoms with Crippen LogP contribution in [0.3, 0.4) is 0 Å². The third kappa shape index (κ3) is 2.73. The van der Waals surface area contributed by atoms with Gasteiger partial charge in [-0.1, -0.05) is 0 Å². The van der Waals surface area contributed by atoms with Gasteiger partial charge in [-0.05, 0) is 44.0 Å². The molecule has 0 aliphatic heterocycles. The molecule has 0 fully saturated rings. The largest absolute Gasteiger partial charge is 0.347 e. The number of anilines is 1. The van der Waals surface area contributed by atoms with Gasteiger partial charge in [0.05, 0.1) is 6.20 Å². The minimum absolute atomic E-state index is 0.227. The van der Waals surface area contributed by atoms with Crippen LogP contribution < -0.4 is 5.32 Å². The lowest BCUT2D eigenvalue weighted by Gasteiger charge is -2.06. The van der Waals surface area contributed by atoms with Crippen LogP contribution in [-0.2, 0) is 7.05 Å². The molecule has 2 aromatic rings. The van der Waals surface area contributed by atoms with E-state index in [2.05, 4.69) is 47.1 Å². The molecule has 0 saturated heterocycles. The molecule has 0 saturated carbocycles. The van der Waals surface area contributed by atoms with Gasteiger partial charge >= 0.3 is 0 Å². The molecule has 2 rings (SSSR count). The number of carbonyl (C=O) groups excluding carboxylic acids is 1. The van der Waals surface area contributed by atoms with Gasteiger partial charge < -0.3 is 9.88 Å². The second-order valence-corrected chi connectivity index (χ2v) is 4.85. The van der Waals surface area contributed by atoms with E-state index in [-0.39, 0.29) is 5.91 Å². The third-order valence-corrected chi connectivity index (χ3v) is 3.04. The van der Waals surface area contributed by atoms with E-state index < -0.39 is 0 Å². The number of hydrogen-bond acceptors (Lipinski definition) is 3. The Morgan fingerprint density at radius 3 is 2.82 bits per heavy atom. The summed E-state index contributed by atoms with van der Waals surface area (Å²) in [5.74, 6) is 0.161. The highest BCUT2D eigenvalue weighted by Crippen LogP contribution is 2.19. The zero-order valence-corrected chi connectivity index (χ0v) is 12.0. The summed E-state index contributed by atoms with van der Waals surface area (Å²) in [7, 11) is 1.80. The standard InChI is InChI=1S/C10H8Br2N4O/c1-16-4-2-3-6(16)10(17)15-9-8(12)14-7(11)5-13-9/h2-5H,1H3,(H,13,15,17). The molecule has 0 aliphatic carbocycles. The molecule has 0 aliphatic rings. The normalized spacial score (nSPS) is 10.3. The highest BCUT2D eigenvalue weighted by Gasteiger charge is 2.12. The van der Waals surface area contributed by atoms with Gasteiger partial charge in [0, 0.05) is 13.2 Å². The molecule has 7 heteroatoms. The van der Waals surface area contributed by atoms with Crippen molar-refractivity contribution in [1.82, 2.24) is 14.5 Å². The van der Waals surface area contributed by atoms with Crippen LogP contribution >= 0.6 is 31.9 Å². The van der Waals surface area contributed by atoms with Crippen molar-refractivity contribution >= 4 is 43.6 Å². The summed E-state index contributed by atoms with van der Waals surface area (Å²) in [6.07, 6.45) is 3.32. The van der Waals surface area contributed by atoms with Crippen molar-refractivity contribution in [3.8, 4) is 0 Å². The maximum Gasteiger partial charge on any atom is 0.273 e. The van der Waals surface area contributed by atoms with Crippen molar-refractivity contribution in [3.63, 3.8) is 0 Å². The summed E-state index contributed by atoms with van der Waals surface area (Å²) in [6.45, 7) is 0. The average Bonchev–Trinajstić information content (AvgIpc) is 2.68. The molecular formula is C10H8Br2N4O. The minimum atomic E-state index is -0.227. The smallest absolute Gasteiger partial charge is 0.273 e. The molecular weight excluding hydrogens is 352 g/mol. The summed E-state index contributed by atoms with van der Waals surface area (Å²) in [5.41, 5.74) is 0.557. The monoisotopic (exact) mass is 358 g/mol.